The first-order valence-electron chi connectivity index (χ1n) is 6.00. The highest BCUT2D eigenvalue weighted by Gasteiger charge is 2.03. The summed E-state index contributed by atoms with van der Waals surface area (Å²) in [5, 5.41) is 8.72. The van der Waals surface area contributed by atoms with E-state index in [0.29, 0.717) is 0 Å². The van der Waals surface area contributed by atoms with Crippen LogP contribution < -0.4 is 4.74 Å². The molecule has 0 aliphatic heterocycles. The molecule has 0 aromatic heterocycles. The molecule has 0 aliphatic rings. The minimum absolute atomic E-state index is 0.221. The molecule has 90 valence electrons. The smallest absolute Gasteiger partial charge is 0.122 e. The topological polar surface area (TPSA) is 29.5 Å². The molecule has 1 rings (SSSR count). The summed E-state index contributed by atoms with van der Waals surface area (Å²) in [6.45, 7) is 6.43. The quantitative estimate of drug-likeness (QED) is 0.749. The Labute approximate surface area is 98.3 Å². The summed E-state index contributed by atoms with van der Waals surface area (Å²) in [6, 6.07) is 6.33. The summed E-state index contributed by atoms with van der Waals surface area (Å²) in [7, 11) is 0. The van der Waals surface area contributed by atoms with E-state index in [-0.39, 0.29) is 12.7 Å². The van der Waals surface area contributed by atoms with Gasteiger partial charge in [-0.15, -0.1) is 0 Å². The Morgan fingerprint density at radius 3 is 2.56 bits per heavy atom. The predicted molar refractivity (Wildman–Crippen MR) is 67.0 cm³/mol. The molecule has 0 radical (unpaired) electrons. The summed E-state index contributed by atoms with van der Waals surface area (Å²) >= 11 is 0. The normalized spacial score (nSPS) is 10.8. The molecule has 0 fully saturated rings. The van der Waals surface area contributed by atoms with Crippen LogP contribution in [-0.4, -0.2) is 17.8 Å². The van der Waals surface area contributed by atoms with Gasteiger partial charge in [-0.3, -0.25) is 0 Å². The van der Waals surface area contributed by atoms with Crippen LogP contribution in [-0.2, 0) is 6.42 Å². The Bertz CT molecular complexity index is 319. The Morgan fingerprint density at radius 2 is 2.00 bits per heavy atom. The van der Waals surface area contributed by atoms with Crippen LogP contribution in [0.1, 0.15) is 37.8 Å². The molecule has 0 heterocycles. The summed E-state index contributed by atoms with van der Waals surface area (Å²) in [6.07, 6.45) is 3.17. The number of rotatable bonds is 6. The van der Waals surface area contributed by atoms with Crippen LogP contribution in [0, 0.1) is 6.92 Å². The molecule has 1 N–H and O–H groups in total. The fourth-order valence-electron chi connectivity index (χ4n) is 1.69. The second-order valence-corrected chi connectivity index (χ2v) is 4.45. The molecular formula is C14H22O2. The van der Waals surface area contributed by atoms with Gasteiger partial charge in [0.25, 0.3) is 0 Å². The van der Waals surface area contributed by atoms with Gasteiger partial charge < -0.3 is 9.84 Å². The number of unbranched alkanes of at least 4 members (excludes halogenated alkanes) is 1. The van der Waals surface area contributed by atoms with Crippen LogP contribution >= 0.6 is 0 Å². The van der Waals surface area contributed by atoms with Gasteiger partial charge in [0.15, 0.2) is 0 Å². The van der Waals surface area contributed by atoms with Crippen molar-refractivity contribution in [1.82, 2.24) is 0 Å². The van der Waals surface area contributed by atoms with E-state index in [9.17, 15) is 0 Å². The third kappa shape index (κ3) is 4.23. The lowest BCUT2D eigenvalue weighted by Crippen LogP contribution is -2.06. The summed E-state index contributed by atoms with van der Waals surface area (Å²) in [5.41, 5.74) is 2.51. The third-order valence-corrected chi connectivity index (χ3v) is 2.48. The second kappa shape index (κ2) is 6.54. The Balaban J connectivity index is 2.60. The third-order valence-electron chi connectivity index (χ3n) is 2.48. The monoisotopic (exact) mass is 222 g/mol. The summed E-state index contributed by atoms with van der Waals surface area (Å²) in [4.78, 5) is 0. The van der Waals surface area contributed by atoms with Crippen molar-refractivity contribution in [3.05, 3.63) is 29.3 Å². The fourth-order valence-corrected chi connectivity index (χ4v) is 1.69. The molecule has 0 aliphatic carbocycles. The van der Waals surface area contributed by atoms with E-state index in [4.69, 9.17) is 9.84 Å². The maximum Gasteiger partial charge on any atom is 0.122 e. The molecule has 0 amide bonds. The molecule has 16 heavy (non-hydrogen) atoms. The van der Waals surface area contributed by atoms with Crippen molar-refractivity contribution in [2.45, 2.75) is 46.1 Å². The lowest BCUT2D eigenvalue weighted by atomic mass is 10.1. The largest absolute Gasteiger partial charge is 0.491 e. The molecule has 1 aromatic carbocycles. The summed E-state index contributed by atoms with van der Waals surface area (Å²) < 4.78 is 5.69. The number of hydrogen-bond acceptors (Lipinski definition) is 2. The van der Waals surface area contributed by atoms with Crippen molar-refractivity contribution in [1.29, 1.82) is 0 Å². The number of aliphatic hydroxyl groups is 1. The van der Waals surface area contributed by atoms with Gasteiger partial charge in [0, 0.05) is 6.61 Å². The van der Waals surface area contributed by atoms with Gasteiger partial charge in [-0.2, -0.15) is 0 Å². The highest BCUT2D eigenvalue weighted by Crippen LogP contribution is 2.21. The van der Waals surface area contributed by atoms with E-state index >= 15 is 0 Å². The molecule has 0 spiro atoms. The highest BCUT2D eigenvalue weighted by atomic mass is 16.5. The molecule has 2 heteroatoms. The van der Waals surface area contributed by atoms with Gasteiger partial charge in [0.2, 0.25) is 0 Å². The van der Waals surface area contributed by atoms with Gasteiger partial charge >= 0.3 is 0 Å². The van der Waals surface area contributed by atoms with Crippen molar-refractivity contribution in [3.8, 4) is 5.75 Å². The Hall–Kier alpha value is -1.02. The molecule has 0 unspecified atom stereocenters. The average molecular weight is 222 g/mol. The van der Waals surface area contributed by atoms with Crippen molar-refractivity contribution in [3.63, 3.8) is 0 Å². The van der Waals surface area contributed by atoms with E-state index in [1.807, 2.05) is 19.9 Å². The van der Waals surface area contributed by atoms with Crippen molar-refractivity contribution < 1.29 is 9.84 Å². The molecule has 0 saturated heterocycles. The number of aliphatic hydroxyl groups excluding tert-OH is 1. The van der Waals surface area contributed by atoms with E-state index in [0.717, 1.165) is 25.0 Å². The van der Waals surface area contributed by atoms with Crippen LogP contribution in [0.5, 0.6) is 5.75 Å². The van der Waals surface area contributed by atoms with E-state index < -0.39 is 0 Å². The van der Waals surface area contributed by atoms with Crippen molar-refractivity contribution in [2.24, 2.45) is 0 Å². The summed E-state index contributed by atoms with van der Waals surface area (Å²) in [5.74, 6) is 0.973. The molecule has 0 bridgehead atoms. The van der Waals surface area contributed by atoms with Gasteiger partial charge in [-0.1, -0.05) is 12.1 Å². The SMILES string of the molecule is Cc1cc(CCCCO)ccc1OC(C)C. The zero-order valence-corrected chi connectivity index (χ0v) is 10.5. The van der Waals surface area contributed by atoms with Crippen LogP contribution in [0.4, 0.5) is 0 Å². The van der Waals surface area contributed by atoms with Gasteiger partial charge in [-0.05, 0) is 57.2 Å². The minimum Gasteiger partial charge on any atom is -0.491 e. The standard InChI is InChI=1S/C14H22O2/c1-11(2)16-14-8-7-13(10-12(14)3)6-4-5-9-15/h7-8,10-11,15H,4-6,9H2,1-3H3. The maximum atomic E-state index is 8.72. The predicted octanol–water partition coefficient (Wildman–Crippen LogP) is 3.10. The molecule has 1 aromatic rings. The maximum absolute atomic E-state index is 8.72. The van der Waals surface area contributed by atoms with Crippen molar-refractivity contribution >= 4 is 0 Å². The molecule has 2 nitrogen and oxygen atoms in total. The first kappa shape index (κ1) is 13.0. The second-order valence-electron chi connectivity index (χ2n) is 4.45. The Morgan fingerprint density at radius 1 is 1.25 bits per heavy atom. The first-order valence-corrected chi connectivity index (χ1v) is 6.00. The van der Waals surface area contributed by atoms with Crippen LogP contribution in [0.2, 0.25) is 0 Å². The molecular weight excluding hydrogens is 200 g/mol. The minimum atomic E-state index is 0.221. The number of ether oxygens (including phenoxy) is 1. The fraction of sp³-hybridized carbons (Fsp3) is 0.571. The van der Waals surface area contributed by atoms with Gasteiger partial charge in [0.1, 0.15) is 5.75 Å². The van der Waals surface area contributed by atoms with Crippen LogP contribution in [0.25, 0.3) is 0 Å². The van der Waals surface area contributed by atoms with E-state index in [1.165, 1.54) is 11.1 Å². The first-order chi connectivity index (χ1) is 7.63. The molecule has 0 saturated carbocycles. The van der Waals surface area contributed by atoms with Crippen molar-refractivity contribution in [2.75, 3.05) is 6.61 Å². The number of hydrogen-bond donors (Lipinski definition) is 1. The highest BCUT2D eigenvalue weighted by molar-refractivity contribution is 5.36. The Kier molecular flexibility index (Phi) is 5.33. The molecule has 0 atom stereocenters. The average Bonchev–Trinajstić information content (AvgIpc) is 2.22. The number of benzene rings is 1. The van der Waals surface area contributed by atoms with E-state index in [2.05, 4.69) is 19.1 Å². The zero-order chi connectivity index (χ0) is 12.0. The van der Waals surface area contributed by atoms with Crippen LogP contribution in [0.3, 0.4) is 0 Å². The van der Waals surface area contributed by atoms with Crippen LogP contribution in [0.15, 0.2) is 18.2 Å². The van der Waals surface area contributed by atoms with E-state index in [1.54, 1.807) is 0 Å². The lowest BCUT2D eigenvalue weighted by Gasteiger charge is -2.13. The zero-order valence-electron chi connectivity index (χ0n) is 10.5. The van der Waals surface area contributed by atoms with Gasteiger partial charge in [-0.25, -0.2) is 0 Å². The lowest BCUT2D eigenvalue weighted by molar-refractivity contribution is 0.240. The van der Waals surface area contributed by atoms with Gasteiger partial charge in [0.05, 0.1) is 6.10 Å². The number of aryl methyl sites for hydroxylation is 2.